The van der Waals surface area contributed by atoms with Crippen LogP contribution in [0.2, 0.25) is 0 Å². The molecule has 1 fully saturated rings. The molecule has 0 radical (unpaired) electrons. The van der Waals surface area contributed by atoms with E-state index in [1.807, 2.05) is 13.0 Å². The van der Waals surface area contributed by atoms with E-state index in [9.17, 15) is 9.18 Å². The van der Waals surface area contributed by atoms with Crippen LogP contribution in [0.3, 0.4) is 0 Å². The number of aryl methyl sites for hydroxylation is 1. The molecular weight excluding hydrogens is 357 g/mol. The molecule has 0 bridgehead atoms. The monoisotopic (exact) mass is 377 g/mol. The van der Waals surface area contributed by atoms with E-state index in [1.165, 1.54) is 18.5 Å². The molecule has 0 aliphatic carbocycles. The van der Waals surface area contributed by atoms with E-state index < -0.39 is 0 Å². The average Bonchev–Trinajstić information content (AvgIpc) is 2.73. The van der Waals surface area contributed by atoms with Crippen LogP contribution in [-0.2, 0) is 4.79 Å². The minimum absolute atomic E-state index is 0.0595. The van der Waals surface area contributed by atoms with Crippen LogP contribution in [0.4, 0.5) is 10.2 Å². The molecule has 1 amide bonds. The largest absolute Gasteiger partial charge is 0.351 e. The highest BCUT2D eigenvalue weighted by Gasteiger charge is 2.23. The standard InChI is InChI=1S/C21H20FN5O/c1-3-19(28)26-8-10-27(11-9-26)21-20-18(23-13-24-21)12-16(14(2)25-20)15-6-4-5-7-17(15)22/h3-7,12-13H,1,8-11H2,2H3. The normalized spacial score (nSPS) is 14.4. The topological polar surface area (TPSA) is 62.2 Å². The van der Waals surface area contributed by atoms with Gasteiger partial charge in [-0.25, -0.2) is 19.3 Å². The van der Waals surface area contributed by atoms with Crippen LogP contribution in [0.25, 0.3) is 22.2 Å². The Labute approximate surface area is 162 Å². The molecule has 1 aromatic carbocycles. The first kappa shape index (κ1) is 18.0. The Hall–Kier alpha value is -3.35. The van der Waals surface area contributed by atoms with Gasteiger partial charge in [0.05, 0.1) is 5.52 Å². The number of benzene rings is 1. The van der Waals surface area contributed by atoms with Crippen LogP contribution >= 0.6 is 0 Å². The molecule has 0 spiro atoms. The number of aromatic nitrogens is 3. The fourth-order valence-corrected chi connectivity index (χ4v) is 3.52. The summed E-state index contributed by atoms with van der Waals surface area (Å²) in [7, 11) is 0. The molecule has 4 rings (SSSR count). The van der Waals surface area contributed by atoms with Gasteiger partial charge in [-0.3, -0.25) is 4.79 Å². The molecule has 3 heterocycles. The molecule has 0 N–H and O–H groups in total. The molecule has 28 heavy (non-hydrogen) atoms. The zero-order valence-electron chi connectivity index (χ0n) is 15.6. The fraction of sp³-hybridized carbons (Fsp3) is 0.238. The van der Waals surface area contributed by atoms with E-state index in [0.717, 1.165) is 11.4 Å². The highest BCUT2D eigenvalue weighted by Crippen LogP contribution is 2.30. The van der Waals surface area contributed by atoms with Crippen LogP contribution in [0.1, 0.15) is 5.69 Å². The van der Waals surface area contributed by atoms with Crippen molar-refractivity contribution >= 4 is 22.8 Å². The predicted octanol–water partition coefficient (Wildman–Crippen LogP) is 2.97. The summed E-state index contributed by atoms with van der Waals surface area (Å²) in [6.45, 7) is 7.91. The van der Waals surface area contributed by atoms with Crippen LogP contribution in [0.15, 0.2) is 49.3 Å². The number of hydrogen-bond donors (Lipinski definition) is 0. The Morgan fingerprint density at radius 2 is 1.89 bits per heavy atom. The van der Waals surface area contributed by atoms with Crippen molar-refractivity contribution in [2.45, 2.75) is 6.92 Å². The average molecular weight is 377 g/mol. The van der Waals surface area contributed by atoms with Crippen molar-refractivity contribution in [3.63, 3.8) is 0 Å². The number of carbonyl (C=O) groups excluding carboxylic acids is 1. The Morgan fingerprint density at radius 1 is 1.14 bits per heavy atom. The summed E-state index contributed by atoms with van der Waals surface area (Å²) in [6.07, 6.45) is 2.84. The van der Waals surface area contributed by atoms with Crippen molar-refractivity contribution in [1.82, 2.24) is 19.9 Å². The van der Waals surface area contributed by atoms with E-state index in [2.05, 4.69) is 21.4 Å². The molecule has 1 aliphatic heterocycles. The van der Waals surface area contributed by atoms with Gasteiger partial charge in [0.1, 0.15) is 17.7 Å². The van der Waals surface area contributed by atoms with Crippen molar-refractivity contribution in [2.75, 3.05) is 31.1 Å². The fourth-order valence-electron chi connectivity index (χ4n) is 3.52. The summed E-state index contributed by atoms with van der Waals surface area (Å²) in [5.41, 5.74) is 3.29. The van der Waals surface area contributed by atoms with Gasteiger partial charge < -0.3 is 9.80 Å². The lowest BCUT2D eigenvalue weighted by atomic mass is 10.0. The first-order valence-electron chi connectivity index (χ1n) is 9.12. The summed E-state index contributed by atoms with van der Waals surface area (Å²) in [5, 5.41) is 0. The van der Waals surface area contributed by atoms with Crippen LogP contribution in [0.5, 0.6) is 0 Å². The lowest BCUT2D eigenvalue weighted by Gasteiger charge is -2.35. The summed E-state index contributed by atoms with van der Waals surface area (Å²) >= 11 is 0. The third kappa shape index (κ3) is 3.19. The van der Waals surface area contributed by atoms with Crippen molar-refractivity contribution in [2.24, 2.45) is 0 Å². The molecule has 0 unspecified atom stereocenters. The summed E-state index contributed by atoms with van der Waals surface area (Å²) in [6, 6.07) is 8.51. The molecule has 1 aliphatic rings. The Kier molecular flexibility index (Phi) is 4.73. The number of anilines is 1. The van der Waals surface area contributed by atoms with Gasteiger partial charge in [0.2, 0.25) is 5.91 Å². The summed E-state index contributed by atoms with van der Waals surface area (Å²) in [4.78, 5) is 29.2. The van der Waals surface area contributed by atoms with E-state index in [1.54, 1.807) is 23.1 Å². The van der Waals surface area contributed by atoms with Crippen LogP contribution in [-0.4, -0.2) is 51.9 Å². The highest BCUT2D eigenvalue weighted by molar-refractivity contribution is 5.90. The third-order valence-electron chi connectivity index (χ3n) is 5.01. The number of piperazine rings is 1. The minimum Gasteiger partial charge on any atom is -0.351 e. The van der Waals surface area contributed by atoms with E-state index >= 15 is 0 Å². The second-order valence-electron chi connectivity index (χ2n) is 6.68. The zero-order chi connectivity index (χ0) is 19.7. The van der Waals surface area contributed by atoms with Gasteiger partial charge in [-0.2, -0.15) is 0 Å². The molecule has 7 heteroatoms. The SMILES string of the molecule is C=CC(=O)N1CCN(c2ncnc3cc(-c4ccccc4F)c(C)nc23)CC1. The zero-order valence-corrected chi connectivity index (χ0v) is 15.6. The van der Waals surface area contributed by atoms with Crippen LogP contribution in [0, 0.1) is 12.7 Å². The van der Waals surface area contributed by atoms with Gasteiger partial charge in [-0.05, 0) is 25.1 Å². The molecule has 6 nitrogen and oxygen atoms in total. The number of pyridine rings is 1. The maximum atomic E-state index is 14.2. The molecule has 2 aromatic heterocycles. The van der Waals surface area contributed by atoms with Crippen molar-refractivity contribution in [1.29, 1.82) is 0 Å². The van der Waals surface area contributed by atoms with Gasteiger partial charge in [0, 0.05) is 43.0 Å². The quantitative estimate of drug-likeness (QED) is 0.657. The maximum Gasteiger partial charge on any atom is 0.246 e. The van der Waals surface area contributed by atoms with Crippen molar-refractivity contribution < 1.29 is 9.18 Å². The Balaban J connectivity index is 1.70. The van der Waals surface area contributed by atoms with Gasteiger partial charge in [0.15, 0.2) is 5.82 Å². The number of fused-ring (bicyclic) bond motifs is 1. The third-order valence-corrected chi connectivity index (χ3v) is 5.01. The second-order valence-corrected chi connectivity index (χ2v) is 6.68. The number of nitrogens with zero attached hydrogens (tertiary/aromatic N) is 5. The number of rotatable bonds is 3. The lowest BCUT2D eigenvalue weighted by molar-refractivity contribution is -0.126. The first-order chi connectivity index (χ1) is 13.6. The van der Waals surface area contributed by atoms with E-state index in [4.69, 9.17) is 4.98 Å². The molecule has 142 valence electrons. The smallest absolute Gasteiger partial charge is 0.246 e. The summed E-state index contributed by atoms with van der Waals surface area (Å²) in [5.74, 6) is 0.388. The number of hydrogen-bond acceptors (Lipinski definition) is 5. The highest BCUT2D eigenvalue weighted by atomic mass is 19.1. The second kappa shape index (κ2) is 7.34. The number of amides is 1. The number of halogens is 1. The molecule has 0 atom stereocenters. The molecule has 1 saturated heterocycles. The predicted molar refractivity (Wildman–Crippen MR) is 106 cm³/mol. The van der Waals surface area contributed by atoms with Crippen molar-refractivity contribution in [3.05, 3.63) is 60.8 Å². The first-order valence-corrected chi connectivity index (χ1v) is 9.12. The van der Waals surface area contributed by atoms with Gasteiger partial charge in [0.25, 0.3) is 0 Å². The Morgan fingerprint density at radius 3 is 2.61 bits per heavy atom. The van der Waals surface area contributed by atoms with E-state index in [0.29, 0.717) is 48.5 Å². The molecule has 0 saturated carbocycles. The maximum absolute atomic E-state index is 14.2. The molecular formula is C21H20FN5O. The Bertz CT molecular complexity index is 1060. The van der Waals surface area contributed by atoms with Gasteiger partial charge in [-0.1, -0.05) is 24.8 Å². The van der Waals surface area contributed by atoms with E-state index in [-0.39, 0.29) is 11.7 Å². The van der Waals surface area contributed by atoms with Crippen molar-refractivity contribution in [3.8, 4) is 11.1 Å². The summed E-state index contributed by atoms with van der Waals surface area (Å²) < 4.78 is 14.2. The lowest BCUT2D eigenvalue weighted by Crippen LogP contribution is -2.48. The molecule has 3 aromatic rings. The minimum atomic E-state index is -0.288. The van der Waals surface area contributed by atoms with Gasteiger partial charge >= 0.3 is 0 Å². The number of carbonyl (C=O) groups is 1. The van der Waals surface area contributed by atoms with Gasteiger partial charge in [-0.15, -0.1) is 0 Å². The van der Waals surface area contributed by atoms with Crippen LogP contribution < -0.4 is 4.90 Å².